The molecule has 3 rings (SSSR count). The Bertz CT molecular complexity index is 628. The number of amides is 1. The largest absolute Gasteiger partial charge is 0.370 e. The number of aromatic amines is 1. The molecule has 122 valence electrons. The Morgan fingerprint density at radius 2 is 2.22 bits per heavy atom. The smallest absolute Gasteiger partial charge is 0.251 e. The number of thioether (sulfide) groups is 1. The van der Waals surface area contributed by atoms with Gasteiger partial charge in [-0.3, -0.25) is 9.89 Å². The van der Waals surface area contributed by atoms with Gasteiger partial charge in [0, 0.05) is 24.1 Å². The van der Waals surface area contributed by atoms with Crippen molar-refractivity contribution in [2.75, 3.05) is 12.4 Å². The van der Waals surface area contributed by atoms with Crippen molar-refractivity contribution in [2.24, 2.45) is 0 Å². The third-order valence-electron chi connectivity index (χ3n) is 3.93. The van der Waals surface area contributed by atoms with Gasteiger partial charge in [-0.25, -0.2) is 0 Å². The molecule has 1 saturated heterocycles. The second kappa shape index (κ2) is 7.66. The maximum atomic E-state index is 12.4. The molecular weight excluding hydrogens is 310 g/mol. The molecule has 0 aliphatic carbocycles. The molecule has 0 spiro atoms. The first-order valence-corrected chi connectivity index (χ1v) is 9.02. The number of ether oxygens (including phenoxy) is 1. The summed E-state index contributed by atoms with van der Waals surface area (Å²) in [5.74, 6) is 2.02. The number of aromatic nitrogens is 2. The Morgan fingerprint density at radius 1 is 1.39 bits per heavy atom. The van der Waals surface area contributed by atoms with Crippen LogP contribution in [0, 0.1) is 0 Å². The Morgan fingerprint density at radius 3 is 2.91 bits per heavy atom. The number of carbonyl (C=O) groups is 1. The topological polar surface area (TPSA) is 67.0 Å². The lowest BCUT2D eigenvalue weighted by molar-refractivity contribution is 0.0807. The van der Waals surface area contributed by atoms with Gasteiger partial charge in [-0.2, -0.15) is 16.9 Å². The van der Waals surface area contributed by atoms with Crippen molar-refractivity contribution in [3.63, 3.8) is 0 Å². The summed E-state index contributed by atoms with van der Waals surface area (Å²) in [4.78, 5) is 12.4. The van der Waals surface area contributed by atoms with Gasteiger partial charge < -0.3 is 10.1 Å². The molecule has 1 aliphatic heterocycles. The van der Waals surface area contributed by atoms with Crippen molar-refractivity contribution in [3.8, 4) is 0 Å². The number of hydrogen-bond acceptors (Lipinski definition) is 4. The molecule has 0 radical (unpaired) electrons. The SMILES string of the molecule is CCSCc1ccc(C(=O)N[C@@H]2CCO[C@H]2c2ccn[nH]2)cc1. The maximum Gasteiger partial charge on any atom is 0.251 e. The van der Waals surface area contributed by atoms with Gasteiger partial charge in [0.1, 0.15) is 6.10 Å². The van der Waals surface area contributed by atoms with Crippen LogP contribution in [-0.2, 0) is 10.5 Å². The molecule has 5 nitrogen and oxygen atoms in total. The summed E-state index contributed by atoms with van der Waals surface area (Å²) in [5, 5.41) is 9.95. The van der Waals surface area contributed by atoms with Crippen LogP contribution in [0.1, 0.15) is 41.1 Å². The predicted molar refractivity (Wildman–Crippen MR) is 91.4 cm³/mol. The molecule has 23 heavy (non-hydrogen) atoms. The number of H-pyrrole nitrogens is 1. The molecule has 2 aromatic rings. The normalized spacial score (nSPS) is 20.6. The zero-order valence-electron chi connectivity index (χ0n) is 13.1. The number of benzene rings is 1. The third kappa shape index (κ3) is 3.95. The molecule has 1 aromatic carbocycles. The van der Waals surface area contributed by atoms with Crippen molar-refractivity contribution in [3.05, 3.63) is 53.3 Å². The Labute approximate surface area is 140 Å². The van der Waals surface area contributed by atoms with E-state index in [0.29, 0.717) is 12.2 Å². The summed E-state index contributed by atoms with van der Waals surface area (Å²) in [6, 6.07) is 9.68. The van der Waals surface area contributed by atoms with Crippen molar-refractivity contribution in [2.45, 2.75) is 31.2 Å². The predicted octanol–water partition coefficient (Wildman–Crippen LogP) is 2.92. The maximum absolute atomic E-state index is 12.4. The van der Waals surface area contributed by atoms with E-state index in [1.807, 2.05) is 42.1 Å². The van der Waals surface area contributed by atoms with Gasteiger partial charge in [0.25, 0.3) is 5.91 Å². The average molecular weight is 331 g/mol. The molecule has 1 aromatic heterocycles. The lowest BCUT2D eigenvalue weighted by Gasteiger charge is -2.18. The summed E-state index contributed by atoms with van der Waals surface area (Å²) in [5.41, 5.74) is 2.83. The quantitative estimate of drug-likeness (QED) is 0.854. The van der Waals surface area contributed by atoms with Crippen LogP contribution < -0.4 is 5.32 Å². The lowest BCUT2D eigenvalue weighted by Crippen LogP contribution is -2.36. The standard InChI is InChI=1S/C17H21N3O2S/c1-2-23-11-12-3-5-13(6-4-12)17(21)19-14-8-10-22-16(14)15-7-9-18-20-15/h3-7,9,14,16H,2,8,10-11H2,1H3,(H,18,20)(H,19,21)/t14-,16-/m1/s1. The fourth-order valence-electron chi connectivity index (χ4n) is 2.69. The van der Waals surface area contributed by atoms with Crippen LogP contribution in [0.15, 0.2) is 36.5 Å². The molecule has 2 N–H and O–H groups in total. The highest BCUT2D eigenvalue weighted by atomic mass is 32.2. The van der Waals surface area contributed by atoms with E-state index in [2.05, 4.69) is 22.4 Å². The molecular formula is C17H21N3O2S. The molecule has 1 aliphatic rings. The van der Waals surface area contributed by atoms with E-state index in [1.54, 1.807) is 6.20 Å². The minimum Gasteiger partial charge on any atom is -0.370 e. The van der Waals surface area contributed by atoms with Crippen LogP contribution in [-0.4, -0.2) is 34.5 Å². The van der Waals surface area contributed by atoms with Crippen molar-refractivity contribution >= 4 is 17.7 Å². The van der Waals surface area contributed by atoms with Crippen molar-refractivity contribution < 1.29 is 9.53 Å². The molecule has 1 amide bonds. The van der Waals surface area contributed by atoms with Crippen LogP contribution >= 0.6 is 11.8 Å². The van der Waals surface area contributed by atoms with Gasteiger partial charge in [0.2, 0.25) is 0 Å². The summed E-state index contributed by atoms with van der Waals surface area (Å²) >= 11 is 1.87. The Kier molecular flexibility index (Phi) is 5.35. The molecule has 6 heteroatoms. The summed E-state index contributed by atoms with van der Waals surface area (Å²) < 4.78 is 5.72. The van der Waals surface area contributed by atoms with Crippen LogP contribution in [0.4, 0.5) is 0 Å². The van der Waals surface area contributed by atoms with Crippen LogP contribution in [0.3, 0.4) is 0 Å². The highest BCUT2D eigenvalue weighted by Gasteiger charge is 2.32. The highest BCUT2D eigenvalue weighted by Crippen LogP contribution is 2.27. The van der Waals surface area contributed by atoms with Gasteiger partial charge >= 0.3 is 0 Å². The lowest BCUT2D eigenvalue weighted by atomic mass is 10.1. The van der Waals surface area contributed by atoms with Crippen molar-refractivity contribution in [1.82, 2.24) is 15.5 Å². The number of carbonyl (C=O) groups excluding carboxylic acids is 1. The van der Waals surface area contributed by atoms with Crippen molar-refractivity contribution in [1.29, 1.82) is 0 Å². The van der Waals surface area contributed by atoms with Gasteiger partial charge in [-0.15, -0.1) is 0 Å². The van der Waals surface area contributed by atoms with Gasteiger partial charge in [-0.05, 0) is 35.9 Å². The van der Waals surface area contributed by atoms with E-state index in [9.17, 15) is 4.79 Å². The molecule has 2 heterocycles. The summed E-state index contributed by atoms with van der Waals surface area (Å²) in [6.07, 6.45) is 2.35. The fourth-order valence-corrected chi connectivity index (χ4v) is 3.33. The highest BCUT2D eigenvalue weighted by molar-refractivity contribution is 7.98. The minimum atomic E-state index is -0.151. The Balaban J connectivity index is 1.62. The zero-order valence-corrected chi connectivity index (χ0v) is 13.9. The van der Waals surface area contributed by atoms with Gasteiger partial charge in [-0.1, -0.05) is 19.1 Å². The third-order valence-corrected chi connectivity index (χ3v) is 4.87. The van der Waals surface area contributed by atoms with Gasteiger partial charge in [0.05, 0.1) is 11.7 Å². The molecule has 2 atom stereocenters. The van der Waals surface area contributed by atoms with E-state index in [-0.39, 0.29) is 18.1 Å². The summed E-state index contributed by atoms with van der Waals surface area (Å²) in [7, 11) is 0. The summed E-state index contributed by atoms with van der Waals surface area (Å²) in [6.45, 7) is 2.79. The zero-order chi connectivity index (χ0) is 16.1. The van der Waals surface area contributed by atoms with Crippen LogP contribution in [0.2, 0.25) is 0 Å². The number of nitrogens with one attached hydrogen (secondary N) is 2. The molecule has 1 fully saturated rings. The molecule has 0 bridgehead atoms. The first kappa shape index (κ1) is 16.1. The molecule has 0 unspecified atom stereocenters. The monoisotopic (exact) mass is 331 g/mol. The van der Waals surface area contributed by atoms with E-state index in [4.69, 9.17) is 4.74 Å². The number of rotatable bonds is 6. The van der Waals surface area contributed by atoms with Crippen LogP contribution in [0.5, 0.6) is 0 Å². The fraction of sp³-hybridized carbons (Fsp3) is 0.412. The van der Waals surface area contributed by atoms with E-state index in [0.717, 1.165) is 23.6 Å². The van der Waals surface area contributed by atoms with E-state index in [1.165, 1.54) is 5.56 Å². The number of hydrogen-bond donors (Lipinski definition) is 2. The molecule has 0 saturated carbocycles. The Hall–Kier alpha value is -1.79. The van der Waals surface area contributed by atoms with E-state index < -0.39 is 0 Å². The average Bonchev–Trinajstić information content (AvgIpc) is 3.24. The first-order chi connectivity index (χ1) is 11.3. The van der Waals surface area contributed by atoms with Gasteiger partial charge in [0.15, 0.2) is 0 Å². The van der Waals surface area contributed by atoms with E-state index >= 15 is 0 Å². The van der Waals surface area contributed by atoms with Crippen LogP contribution in [0.25, 0.3) is 0 Å². The second-order valence-corrected chi connectivity index (χ2v) is 6.78. The first-order valence-electron chi connectivity index (χ1n) is 7.86. The second-order valence-electron chi connectivity index (χ2n) is 5.51. The number of nitrogens with zero attached hydrogens (tertiary/aromatic N) is 1. The minimum absolute atomic E-state index is 0.0294.